The third-order valence-electron chi connectivity index (χ3n) is 7.94. The van der Waals surface area contributed by atoms with Crippen LogP contribution in [0.2, 0.25) is 0 Å². The van der Waals surface area contributed by atoms with Gasteiger partial charge in [-0.2, -0.15) is 0 Å². The molecule has 0 radical (unpaired) electrons. The normalized spacial score (nSPS) is 14.0. The van der Waals surface area contributed by atoms with E-state index in [2.05, 4.69) is 0 Å². The van der Waals surface area contributed by atoms with Gasteiger partial charge in [0.2, 0.25) is 0 Å². The van der Waals surface area contributed by atoms with Crippen LogP contribution in [0.1, 0.15) is 47.0 Å². The van der Waals surface area contributed by atoms with E-state index in [0.29, 0.717) is 50.6 Å². The minimum absolute atomic E-state index is 0.304. The summed E-state index contributed by atoms with van der Waals surface area (Å²) in [4.78, 5) is 56.0. The number of imide groups is 2. The topological polar surface area (TPSA) is 127 Å². The molecule has 0 aromatic heterocycles. The lowest BCUT2D eigenvalue weighted by molar-refractivity contribution is 0.0909. The van der Waals surface area contributed by atoms with Crippen LogP contribution in [0, 0.1) is 6.92 Å². The number of carbonyl (C=O) groups is 4. The molecular weight excluding hydrogens is 540 g/mol. The fraction of sp³-hybridized carbons (Fsp3) is 0.0286. The van der Waals surface area contributed by atoms with Crippen LogP contribution in [0.5, 0.6) is 0 Å². The SMILES string of the molecule is Cc1cc(N2C(=O)c3ccc(-c4ccc(N)cc4)cc3C2=O)ccc1N1C(=O)c2ccc(-c3ccc(N)cc3)cc2C1=O. The maximum absolute atomic E-state index is 13.5. The van der Waals surface area contributed by atoms with Gasteiger partial charge in [-0.15, -0.1) is 0 Å². The minimum Gasteiger partial charge on any atom is -0.399 e. The number of aryl methyl sites for hydroxylation is 1. The summed E-state index contributed by atoms with van der Waals surface area (Å²) in [5.41, 5.74) is 18.7. The first-order chi connectivity index (χ1) is 20.7. The summed E-state index contributed by atoms with van der Waals surface area (Å²) in [5.74, 6) is -1.76. The van der Waals surface area contributed by atoms with Gasteiger partial charge in [0.15, 0.2) is 0 Å². The smallest absolute Gasteiger partial charge is 0.266 e. The predicted molar refractivity (Wildman–Crippen MR) is 166 cm³/mol. The molecule has 5 aromatic rings. The third kappa shape index (κ3) is 4.07. The molecule has 0 unspecified atom stereocenters. The highest BCUT2D eigenvalue weighted by atomic mass is 16.2. The van der Waals surface area contributed by atoms with Gasteiger partial charge in [0.05, 0.1) is 33.6 Å². The molecule has 8 heteroatoms. The molecule has 7 rings (SSSR count). The first-order valence-corrected chi connectivity index (χ1v) is 13.6. The molecule has 208 valence electrons. The number of nitrogens with two attached hydrogens (primary N) is 2. The lowest BCUT2D eigenvalue weighted by Gasteiger charge is -2.20. The second-order valence-corrected chi connectivity index (χ2v) is 10.6. The first-order valence-electron chi connectivity index (χ1n) is 13.6. The Labute approximate surface area is 246 Å². The first kappa shape index (κ1) is 25.9. The van der Waals surface area contributed by atoms with Crippen molar-refractivity contribution in [1.82, 2.24) is 0 Å². The van der Waals surface area contributed by atoms with Crippen molar-refractivity contribution in [2.45, 2.75) is 6.92 Å². The molecule has 4 N–H and O–H groups in total. The number of amides is 4. The van der Waals surface area contributed by atoms with Crippen molar-refractivity contribution in [3.63, 3.8) is 0 Å². The summed E-state index contributed by atoms with van der Waals surface area (Å²) in [5, 5.41) is 0. The number of hydrogen-bond acceptors (Lipinski definition) is 6. The van der Waals surface area contributed by atoms with Gasteiger partial charge in [-0.25, -0.2) is 9.80 Å². The quantitative estimate of drug-likeness (QED) is 0.201. The summed E-state index contributed by atoms with van der Waals surface area (Å²) in [7, 11) is 0. The fourth-order valence-corrected chi connectivity index (χ4v) is 5.67. The lowest BCUT2D eigenvalue weighted by Crippen LogP contribution is -2.31. The third-order valence-corrected chi connectivity index (χ3v) is 7.94. The van der Waals surface area contributed by atoms with Crippen LogP contribution in [0.4, 0.5) is 22.7 Å². The fourth-order valence-electron chi connectivity index (χ4n) is 5.67. The van der Waals surface area contributed by atoms with Gasteiger partial charge in [0, 0.05) is 11.4 Å². The van der Waals surface area contributed by atoms with Gasteiger partial charge in [-0.3, -0.25) is 19.2 Å². The summed E-state index contributed by atoms with van der Waals surface area (Å²) in [6.45, 7) is 1.74. The standard InChI is InChI=1S/C35H24N4O4/c1-19-16-26(38-32(40)27-13-6-22(17-29(27)34(38)42)20-2-8-24(36)9-3-20)12-15-31(19)39-33(41)28-14-7-23(18-30(28)35(39)43)21-4-10-25(37)11-5-21/h2-18H,36-37H2,1H3. The molecule has 0 aliphatic carbocycles. The average molecular weight is 565 g/mol. The van der Waals surface area contributed by atoms with E-state index in [1.165, 1.54) is 0 Å². The van der Waals surface area contributed by atoms with Gasteiger partial charge >= 0.3 is 0 Å². The highest BCUT2D eigenvalue weighted by Gasteiger charge is 2.39. The van der Waals surface area contributed by atoms with E-state index in [0.717, 1.165) is 32.1 Å². The van der Waals surface area contributed by atoms with Crippen LogP contribution in [0.15, 0.2) is 103 Å². The lowest BCUT2D eigenvalue weighted by atomic mass is 10.00. The molecule has 2 heterocycles. The summed E-state index contributed by atoms with van der Waals surface area (Å²) in [6, 6.07) is 29.7. The van der Waals surface area contributed by atoms with E-state index in [4.69, 9.17) is 11.5 Å². The molecule has 4 amide bonds. The Kier molecular flexibility index (Phi) is 5.74. The van der Waals surface area contributed by atoms with Crippen molar-refractivity contribution in [2.75, 3.05) is 21.3 Å². The molecule has 2 aliphatic rings. The van der Waals surface area contributed by atoms with Crippen LogP contribution in [0.25, 0.3) is 22.3 Å². The van der Waals surface area contributed by atoms with Crippen LogP contribution >= 0.6 is 0 Å². The van der Waals surface area contributed by atoms with Crippen molar-refractivity contribution in [3.8, 4) is 22.3 Å². The predicted octanol–water partition coefficient (Wildman–Crippen LogP) is 6.09. The Morgan fingerprint density at radius 2 is 0.860 bits per heavy atom. The van der Waals surface area contributed by atoms with E-state index in [-0.39, 0.29) is 0 Å². The molecule has 0 bridgehead atoms. The molecule has 0 atom stereocenters. The molecule has 43 heavy (non-hydrogen) atoms. The van der Waals surface area contributed by atoms with Crippen LogP contribution in [-0.4, -0.2) is 23.6 Å². The number of fused-ring (bicyclic) bond motifs is 2. The van der Waals surface area contributed by atoms with E-state index >= 15 is 0 Å². The van der Waals surface area contributed by atoms with Crippen LogP contribution in [0.3, 0.4) is 0 Å². The monoisotopic (exact) mass is 564 g/mol. The zero-order chi connectivity index (χ0) is 30.0. The van der Waals surface area contributed by atoms with E-state index in [1.54, 1.807) is 85.8 Å². The summed E-state index contributed by atoms with van der Waals surface area (Å²) >= 11 is 0. The zero-order valence-electron chi connectivity index (χ0n) is 23.0. The molecule has 0 spiro atoms. The number of hydrogen-bond donors (Lipinski definition) is 2. The van der Waals surface area contributed by atoms with Gasteiger partial charge in [0.25, 0.3) is 23.6 Å². The van der Waals surface area contributed by atoms with Crippen LogP contribution in [-0.2, 0) is 0 Å². The molecule has 0 saturated heterocycles. The number of rotatable bonds is 4. The Morgan fingerprint density at radius 3 is 1.35 bits per heavy atom. The van der Waals surface area contributed by atoms with Gasteiger partial charge in [-0.05, 0) is 101 Å². The molecule has 5 aromatic carbocycles. The largest absolute Gasteiger partial charge is 0.399 e. The molecule has 0 saturated carbocycles. The Hall–Kier alpha value is -6.02. The number of nitrogens with zero attached hydrogens (tertiary/aromatic N) is 2. The Balaban J connectivity index is 1.18. The van der Waals surface area contributed by atoms with Gasteiger partial charge in [0.1, 0.15) is 0 Å². The van der Waals surface area contributed by atoms with Gasteiger partial charge in [-0.1, -0.05) is 36.4 Å². The molecule has 8 nitrogen and oxygen atoms in total. The highest BCUT2D eigenvalue weighted by Crippen LogP contribution is 2.37. The Morgan fingerprint density at radius 1 is 0.442 bits per heavy atom. The van der Waals surface area contributed by atoms with Crippen molar-refractivity contribution < 1.29 is 19.2 Å². The number of carbonyl (C=O) groups excluding carboxylic acids is 4. The second kappa shape index (κ2) is 9.53. The van der Waals surface area contributed by atoms with E-state index in [1.807, 2.05) is 24.3 Å². The van der Waals surface area contributed by atoms with Crippen molar-refractivity contribution >= 4 is 46.4 Å². The zero-order valence-corrected chi connectivity index (χ0v) is 23.0. The molecular formula is C35H24N4O4. The number of benzene rings is 5. The summed E-state index contributed by atoms with van der Waals surface area (Å²) in [6.07, 6.45) is 0. The van der Waals surface area contributed by atoms with Gasteiger partial charge < -0.3 is 11.5 Å². The second-order valence-electron chi connectivity index (χ2n) is 10.6. The molecule has 2 aliphatic heterocycles. The highest BCUT2D eigenvalue weighted by molar-refractivity contribution is 6.36. The number of anilines is 4. The number of nitrogen functional groups attached to an aromatic ring is 2. The maximum Gasteiger partial charge on any atom is 0.266 e. The summed E-state index contributed by atoms with van der Waals surface area (Å²) < 4.78 is 0. The van der Waals surface area contributed by atoms with Crippen molar-refractivity contribution in [2.24, 2.45) is 0 Å². The maximum atomic E-state index is 13.5. The molecule has 0 fully saturated rings. The van der Waals surface area contributed by atoms with Crippen molar-refractivity contribution in [1.29, 1.82) is 0 Å². The van der Waals surface area contributed by atoms with Crippen LogP contribution < -0.4 is 21.3 Å². The minimum atomic E-state index is -0.444. The van der Waals surface area contributed by atoms with Crippen molar-refractivity contribution in [3.05, 3.63) is 131 Å². The average Bonchev–Trinajstić information content (AvgIpc) is 3.41. The van der Waals surface area contributed by atoms with E-state index in [9.17, 15) is 19.2 Å². The Bertz CT molecular complexity index is 2030. The van der Waals surface area contributed by atoms with E-state index < -0.39 is 23.6 Å².